The van der Waals surface area contributed by atoms with Gasteiger partial charge in [0.15, 0.2) is 0 Å². The average Bonchev–Trinajstić information content (AvgIpc) is 3.03. The second-order valence-corrected chi connectivity index (χ2v) is 10.2. The lowest BCUT2D eigenvalue weighted by atomic mass is 9.73. The van der Waals surface area contributed by atoms with Gasteiger partial charge in [0.2, 0.25) is 0 Å². The summed E-state index contributed by atoms with van der Waals surface area (Å²) in [5, 5.41) is 18.1. The van der Waals surface area contributed by atoms with Gasteiger partial charge in [0.25, 0.3) is 0 Å². The highest BCUT2D eigenvalue weighted by Crippen LogP contribution is 2.54. The number of carboxylic acid groups (broad SMARTS) is 1. The SMILES string of the molecule is CCC=C(C=C(C)Cc1ccc2c(c1)C1=CCC=C3C(=N)C(C(=O)O)C=C2C31)C(C)(C)C. The molecule has 0 heterocycles. The third kappa shape index (κ3) is 3.85. The van der Waals surface area contributed by atoms with E-state index < -0.39 is 11.9 Å². The Labute approximate surface area is 191 Å². The first kappa shape index (κ1) is 22.3. The molecule has 0 saturated carbocycles. The van der Waals surface area contributed by atoms with Crippen LogP contribution in [0.2, 0.25) is 0 Å². The monoisotopic (exact) mass is 427 g/mol. The van der Waals surface area contributed by atoms with Crippen LogP contribution < -0.4 is 0 Å². The summed E-state index contributed by atoms with van der Waals surface area (Å²) in [5.41, 5.74) is 9.83. The minimum absolute atomic E-state index is 0.0220. The Bertz CT molecular complexity index is 1150. The molecule has 3 heteroatoms. The first-order valence-electron chi connectivity index (χ1n) is 11.6. The molecule has 1 aromatic rings. The molecule has 2 atom stereocenters. The van der Waals surface area contributed by atoms with Crippen molar-refractivity contribution >= 4 is 22.8 Å². The van der Waals surface area contributed by atoms with Crippen molar-refractivity contribution in [2.24, 2.45) is 17.3 Å². The van der Waals surface area contributed by atoms with E-state index >= 15 is 0 Å². The second kappa shape index (κ2) is 8.20. The number of carboxylic acids is 1. The fraction of sp³-hybridized carbons (Fsp3) is 0.379. The molecule has 1 aromatic carbocycles. The molecule has 0 amide bonds. The standard InChI is InChI=1S/C29H33NO2/c1-6-8-19(29(3,4)5)14-17(2)13-18-11-12-20-23(15-18)21-9-7-10-22-26(21)24(20)16-25(27(22)30)28(31)32/h8-12,14-16,25-26,30H,6-7,13H2,1-5H3,(H,31,32). The minimum Gasteiger partial charge on any atom is -0.481 e. The summed E-state index contributed by atoms with van der Waals surface area (Å²) in [7, 11) is 0. The van der Waals surface area contributed by atoms with Crippen LogP contribution in [0.4, 0.5) is 0 Å². The summed E-state index contributed by atoms with van der Waals surface area (Å²) in [4.78, 5) is 11.8. The summed E-state index contributed by atoms with van der Waals surface area (Å²) < 4.78 is 0. The lowest BCUT2D eigenvalue weighted by Crippen LogP contribution is -2.30. The predicted octanol–water partition coefficient (Wildman–Crippen LogP) is 7.02. The number of fused-ring (bicyclic) bond motifs is 3. The quantitative estimate of drug-likeness (QED) is 0.496. The highest BCUT2D eigenvalue weighted by Gasteiger charge is 2.43. The maximum atomic E-state index is 11.8. The Morgan fingerprint density at radius 3 is 2.53 bits per heavy atom. The maximum Gasteiger partial charge on any atom is 0.316 e. The van der Waals surface area contributed by atoms with Gasteiger partial charge in [-0.2, -0.15) is 0 Å². The van der Waals surface area contributed by atoms with E-state index in [9.17, 15) is 9.90 Å². The Morgan fingerprint density at radius 2 is 1.88 bits per heavy atom. The van der Waals surface area contributed by atoms with Gasteiger partial charge in [-0.1, -0.05) is 81.8 Å². The summed E-state index contributed by atoms with van der Waals surface area (Å²) in [5.74, 6) is -1.78. The Hall–Kier alpha value is -2.94. The zero-order valence-electron chi connectivity index (χ0n) is 19.8. The van der Waals surface area contributed by atoms with E-state index in [0.29, 0.717) is 0 Å². The van der Waals surface area contributed by atoms with Crippen LogP contribution in [0.3, 0.4) is 0 Å². The van der Waals surface area contributed by atoms with Crippen LogP contribution in [0, 0.1) is 22.7 Å². The van der Waals surface area contributed by atoms with Gasteiger partial charge >= 0.3 is 5.97 Å². The molecule has 0 spiro atoms. The molecule has 4 rings (SSSR count). The topological polar surface area (TPSA) is 61.2 Å². The minimum atomic E-state index is -0.946. The van der Waals surface area contributed by atoms with Crippen molar-refractivity contribution in [3.63, 3.8) is 0 Å². The van der Waals surface area contributed by atoms with Crippen LogP contribution in [-0.2, 0) is 11.2 Å². The van der Waals surface area contributed by atoms with Gasteiger partial charge in [-0.05, 0) is 70.6 Å². The van der Waals surface area contributed by atoms with Crippen molar-refractivity contribution in [2.75, 3.05) is 0 Å². The Balaban J connectivity index is 1.70. The lowest BCUT2D eigenvalue weighted by molar-refractivity contribution is -0.138. The molecule has 32 heavy (non-hydrogen) atoms. The van der Waals surface area contributed by atoms with E-state index in [2.05, 4.69) is 71.0 Å². The fourth-order valence-corrected chi connectivity index (χ4v) is 5.19. The number of nitrogens with one attached hydrogen (secondary N) is 1. The lowest BCUT2D eigenvalue weighted by Gasteiger charge is -2.29. The number of hydrogen-bond donors (Lipinski definition) is 2. The number of allylic oxidation sites excluding steroid dienone is 9. The molecular formula is C29H33NO2. The molecule has 0 aromatic heterocycles. The van der Waals surface area contributed by atoms with Gasteiger partial charge in [0.05, 0.1) is 5.71 Å². The molecule has 166 valence electrons. The summed E-state index contributed by atoms with van der Waals surface area (Å²) in [6.07, 6.45) is 13.4. The highest BCUT2D eigenvalue weighted by molar-refractivity contribution is 6.19. The molecular weight excluding hydrogens is 394 g/mol. The van der Waals surface area contributed by atoms with Crippen LogP contribution in [0.1, 0.15) is 64.2 Å². The Kier molecular flexibility index (Phi) is 5.70. The van der Waals surface area contributed by atoms with Gasteiger partial charge in [-0.3, -0.25) is 4.79 Å². The number of benzene rings is 1. The maximum absolute atomic E-state index is 11.8. The van der Waals surface area contributed by atoms with E-state index in [-0.39, 0.29) is 17.0 Å². The van der Waals surface area contributed by atoms with Gasteiger partial charge in [0, 0.05) is 5.92 Å². The zero-order valence-corrected chi connectivity index (χ0v) is 19.8. The van der Waals surface area contributed by atoms with E-state index in [1.54, 1.807) is 6.08 Å². The molecule has 0 radical (unpaired) electrons. The van der Waals surface area contributed by atoms with Gasteiger partial charge in [0.1, 0.15) is 5.92 Å². The molecule has 0 fully saturated rings. The van der Waals surface area contributed by atoms with Crippen molar-refractivity contribution in [1.82, 2.24) is 0 Å². The largest absolute Gasteiger partial charge is 0.481 e. The van der Waals surface area contributed by atoms with Crippen LogP contribution in [0.15, 0.2) is 65.3 Å². The molecule has 3 aliphatic rings. The summed E-state index contributed by atoms with van der Waals surface area (Å²) in [6, 6.07) is 6.61. The van der Waals surface area contributed by atoms with E-state index in [4.69, 9.17) is 5.41 Å². The number of aliphatic carboxylic acids is 1. The first-order valence-corrected chi connectivity index (χ1v) is 11.6. The van der Waals surface area contributed by atoms with Crippen LogP contribution >= 0.6 is 0 Å². The second-order valence-electron chi connectivity index (χ2n) is 10.2. The molecule has 2 unspecified atom stereocenters. The third-order valence-corrected chi connectivity index (χ3v) is 6.72. The normalized spacial score (nSPS) is 22.7. The van der Waals surface area contributed by atoms with Crippen LogP contribution in [0.5, 0.6) is 0 Å². The van der Waals surface area contributed by atoms with Gasteiger partial charge in [-0.25, -0.2) is 0 Å². The summed E-state index contributed by atoms with van der Waals surface area (Å²) in [6.45, 7) is 11.1. The van der Waals surface area contributed by atoms with E-state index in [1.165, 1.54) is 27.8 Å². The van der Waals surface area contributed by atoms with Crippen LogP contribution in [-0.4, -0.2) is 16.8 Å². The zero-order chi connectivity index (χ0) is 23.2. The van der Waals surface area contributed by atoms with Crippen molar-refractivity contribution in [3.8, 4) is 0 Å². The van der Waals surface area contributed by atoms with Crippen molar-refractivity contribution in [1.29, 1.82) is 5.41 Å². The molecule has 0 saturated heterocycles. The Morgan fingerprint density at radius 1 is 1.16 bits per heavy atom. The average molecular weight is 428 g/mol. The number of hydrogen-bond acceptors (Lipinski definition) is 2. The smallest absolute Gasteiger partial charge is 0.316 e. The van der Waals surface area contributed by atoms with E-state index in [1.807, 2.05) is 6.08 Å². The van der Waals surface area contributed by atoms with Crippen molar-refractivity contribution < 1.29 is 9.90 Å². The fourth-order valence-electron chi connectivity index (χ4n) is 5.19. The van der Waals surface area contributed by atoms with Crippen molar-refractivity contribution in [2.45, 2.75) is 53.9 Å². The number of carbonyl (C=O) groups is 1. The molecule has 0 aliphatic heterocycles. The summed E-state index contributed by atoms with van der Waals surface area (Å²) >= 11 is 0. The molecule has 3 nitrogen and oxygen atoms in total. The van der Waals surface area contributed by atoms with Crippen molar-refractivity contribution in [3.05, 3.63) is 82.0 Å². The highest BCUT2D eigenvalue weighted by atomic mass is 16.4. The predicted molar refractivity (Wildman–Crippen MR) is 133 cm³/mol. The van der Waals surface area contributed by atoms with Gasteiger partial charge in [-0.15, -0.1) is 0 Å². The van der Waals surface area contributed by atoms with Crippen LogP contribution in [0.25, 0.3) is 11.1 Å². The molecule has 2 N–H and O–H groups in total. The first-order chi connectivity index (χ1) is 15.1. The van der Waals surface area contributed by atoms with Gasteiger partial charge < -0.3 is 10.5 Å². The van der Waals surface area contributed by atoms with E-state index in [0.717, 1.165) is 36.0 Å². The molecule has 0 bridgehead atoms. The third-order valence-electron chi connectivity index (χ3n) is 6.72. The number of rotatable bonds is 5. The molecule has 3 aliphatic carbocycles.